The first-order chi connectivity index (χ1) is 19.7. The average Bonchev–Trinajstić information content (AvgIpc) is 3.46. The van der Waals surface area contributed by atoms with Crippen LogP contribution >= 0.6 is 0 Å². The van der Waals surface area contributed by atoms with Crippen LogP contribution in [0, 0.1) is 5.82 Å². The Balaban J connectivity index is 1.49. The summed E-state index contributed by atoms with van der Waals surface area (Å²) in [5.41, 5.74) is 3.32. The molecule has 40 heavy (non-hydrogen) atoms. The van der Waals surface area contributed by atoms with Gasteiger partial charge in [-0.2, -0.15) is 0 Å². The summed E-state index contributed by atoms with van der Waals surface area (Å²) >= 11 is 0. The van der Waals surface area contributed by atoms with Gasteiger partial charge in [0.1, 0.15) is 5.82 Å². The van der Waals surface area contributed by atoms with Crippen molar-refractivity contribution in [1.82, 2.24) is 9.55 Å². The molecule has 0 fully saturated rings. The molecule has 1 heterocycles. The molecule has 0 amide bonds. The van der Waals surface area contributed by atoms with Gasteiger partial charge >= 0.3 is 0 Å². The summed E-state index contributed by atoms with van der Waals surface area (Å²) in [5.74, 6) is -0.172. The fourth-order valence-electron chi connectivity index (χ4n) is 5.70. The van der Waals surface area contributed by atoms with E-state index >= 15 is 0 Å². The zero-order chi connectivity index (χ0) is 27.2. The Hall–Kier alpha value is -4.48. The molecule has 0 aliphatic carbocycles. The number of hydrogen-bond donors (Lipinski definition) is 0. The Kier molecular flexibility index (Phi) is 7.56. The molecular weight excluding hydrogens is 506 g/mol. The molecule has 1 radical (unpaired) electrons. The topological polar surface area (TPSA) is 17.8 Å². The number of halogens is 1. The lowest BCUT2D eigenvalue weighted by molar-refractivity contribution is 0.629. The lowest BCUT2D eigenvalue weighted by Gasteiger charge is -2.35. The number of benzene rings is 5. The molecule has 2 nitrogen and oxygen atoms in total. The predicted molar refractivity (Wildman–Crippen MR) is 166 cm³/mol. The lowest BCUT2D eigenvalue weighted by atomic mass is 9.58. The van der Waals surface area contributed by atoms with Crippen molar-refractivity contribution in [2.75, 3.05) is 0 Å². The number of aromatic nitrogens is 2. The fourth-order valence-corrected chi connectivity index (χ4v) is 10.3. The van der Waals surface area contributed by atoms with Gasteiger partial charge in [0.2, 0.25) is 7.28 Å². The van der Waals surface area contributed by atoms with Crippen LogP contribution in [0.15, 0.2) is 158 Å². The van der Waals surface area contributed by atoms with E-state index in [2.05, 4.69) is 121 Å². The van der Waals surface area contributed by atoms with Crippen LogP contribution in [0.25, 0.3) is 0 Å². The van der Waals surface area contributed by atoms with Crippen LogP contribution in [-0.4, -0.2) is 24.9 Å². The second-order valence-corrected chi connectivity index (χ2v) is 13.9. The van der Waals surface area contributed by atoms with E-state index in [9.17, 15) is 4.39 Å². The number of rotatable bonds is 9. The standard InChI is InChI=1S/C35H29BFN2Si/c37-30-18-13-23-33(26-30)40(31-19-9-3-10-20-31,32-21-11-4-12-22-32)27-39-25-24-38-35(39)36-34(28-14-5-1-6-15-28)29-16-7-2-8-17-29/h1-26,34H,27H2. The van der Waals surface area contributed by atoms with Crippen LogP contribution in [0.3, 0.4) is 0 Å². The van der Waals surface area contributed by atoms with Gasteiger partial charge in [0.15, 0.2) is 8.07 Å². The molecule has 0 aliphatic heterocycles. The third kappa shape index (κ3) is 5.21. The Morgan fingerprint density at radius 3 is 1.65 bits per heavy atom. The van der Waals surface area contributed by atoms with E-state index < -0.39 is 8.07 Å². The first kappa shape index (κ1) is 25.8. The Morgan fingerprint density at radius 1 is 0.625 bits per heavy atom. The van der Waals surface area contributed by atoms with Crippen molar-refractivity contribution in [3.63, 3.8) is 0 Å². The lowest BCUT2D eigenvalue weighted by Crippen LogP contribution is -2.70. The summed E-state index contributed by atoms with van der Waals surface area (Å²) in [6, 6.07) is 49.5. The minimum atomic E-state index is -2.74. The Bertz CT molecular complexity index is 1580. The zero-order valence-corrected chi connectivity index (χ0v) is 23.1. The normalized spacial score (nSPS) is 11.4. The van der Waals surface area contributed by atoms with Gasteiger partial charge in [-0.05, 0) is 44.6 Å². The van der Waals surface area contributed by atoms with Crippen LogP contribution < -0.4 is 21.3 Å². The molecule has 0 spiro atoms. The quantitative estimate of drug-likeness (QED) is 0.191. The van der Waals surface area contributed by atoms with Crippen molar-refractivity contribution in [2.45, 2.75) is 12.0 Å². The van der Waals surface area contributed by atoms with E-state index in [-0.39, 0.29) is 11.6 Å². The highest BCUT2D eigenvalue weighted by Gasteiger charge is 2.40. The Labute approximate surface area is 237 Å². The van der Waals surface area contributed by atoms with Crippen LogP contribution in [0.4, 0.5) is 4.39 Å². The minimum absolute atomic E-state index is 0.0437. The van der Waals surface area contributed by atoms with Gasteiger partial charge in [-0.1, -0.05) is 133 Å². The zero-order valence-electron chi connectivity index (χ0n) is 22.1. The van der Waals surface area contributed by atoms with E-state index in [4.69, 9.17) is 4.98 Å². The van der Waals surface area contributed by atoms with Gasteiger partial charge in [-0.3, -0.25) is 4.98 Å². The van der Waals surface area contributed by atoms with E-state index in [0.717, 1.165) is 10.9 Å². The first-order valence-electron chi connectivity index (χ1n) is 13.6. The highest BCUT2D eigenvalue weighted by molar-refractivity contribution is 7.10. The van der Waals surface area contributed by atoms with Crippen LogP contribution in [0.5, 0.6) is 0 Å². The van der Waals surface area contributed by atoms with Crippen LogP contribution in [0.2, 0.25) is 0 Å². The van der Waals surface area contributed by atoms with E-state index in [1.165, 1.54) is 27.6 Å². The van der Waals surface area contributed by atoms with Crippen molar-refractivity contribution in [3.05, 3.63) is 175 Å². The van der Waals surface area contributed by atoms with Crippen LogP contribution in [-0.2, 0) is 6.17 Å². The number of hydrogen-bond acceptors (Lipinski definition) is 1. The van der Waals surface area contributed by atoms with Gasteiger partial charge in [0.05, 0.1) is 5.72 Å². The molecule has 193 valence electrons. The van der Waals surface area contributed by atoms with E-state index in [1.54, 1.807) is 6.07 Å². The fraction of sp³-hybridized carbons (Fsp3) is 0.0571. The molecule has 6 rings (SSSR count). The number of nitrogens with zero attached hydrogens (tertiary/aromatic N) is 2. The van der Waals surface area contributed by atoms with Gasteiger partial charge < -0.3 is 4.57 Å². The molecule has 5 aromatic carbocycles. The maximum absolute atomic E-state index is 14.8. The minimum Gasteiger partial charge on any atom is -0.345 e. The largest absolute Gasteiger partial charge is 0.345 e. The summed E-state index contributed by atoms with van der Waals surface area (Å²) in [6.45, 7) is 0. The molecule has 0 saturated carbocycles. The molecule has 5 heteroatoms. The maximum Gasteiger partial charge on any atom is 0.215 e. The van der Waals surface area contributed by atoms with Crippen molar-refractivity contribution >= 4 is 36.6 Å². The van der Waals surface area contributed by atoms with Crippen molar-refractivity contribution in [3.8, 4) is 0 Å². The molecule has 0 saturated heterocycles. The number of imidazole rings is 1. The van der Waals surface area contributed by atoms with Crippen molar-refractivity contribution in [1.29, 1.82) is 0 Å². The molecule has 0 aliphatic rings. The molecule has 0 bridgehead atoms. The summed E-state index contributed by atoms with van der Waals surface area (Å²) in [4.78, 5) is 4.85. The van der Waals surface area contributed by atoms with E-state index in [0.29, 0.717) is 6.17 Å². The summed E-state index contributed by atoms with van der Waals surface area (Å²) in [5, 5.41) is 3.50. The molecular formula is C35H29BFN2Si. The predicted octanol–water partition coefficient (Wildman–Crippen LogP) is 4.85. The molecule has 0 atom stereocenters. The Morgan fingerprint density at radius 2 is 1.12 bits per heavy atom. The third-order valence-electron chi connectivity index (χ3n) is 7.64. The second kappa shape index (κ2) is 11.7. The van der Waals surface area contributed by atoms with Gasteiger partial charge in [0.25, 0.3) is 0 Å². The molecule has 0 N–H and O–H groups in total. The molecule has 1 aromatic heterocycles. The summed E-state index contributed by atoms with van der Waals surface area (Å²) < 4.78 is 17.1. The summed E-state index contributed by atoms with van der Waals surface area (Å²) in [6.07, 6.45) is 4.62. The average molecular weight is 536 g/mol. The van der Waals surface area contributed by atoms with Crippen molar-refractivity contribution < 1.29 is 4.39 Å². The van der Waals surface area contributed by atoms with Crippen molar-refractivity contribution in [2.24, 2.45) is 0 Å². The monoisotopic (exact) mass is 535 g/mol. The highest BCUT2D eigenvalue weighted by atomic mass is 28.3. The maximum atomic E-state index is 14.8. The smallest absolute Gasteiger partial charge is 0.215 e. The third-order valence-corrected chi connectivity index (χ3v) is 12.4. The highest BCUT2D eigenvalue weighted by Crippen LogP contribution is 2.23. The van der Waals surface area contributed by atoms with Gasteiger partial charge in [0, 0.05) is 18.6 Å². The molecule has 6 aromatic rings. The molecule has 0 unspecified atom stereocenters. The second-order valence-electron chi connectivity index (χ2n) is 10.0. The van der Waals surface area contributed by atoms with Gasteiger partial charge in [-0.15, -0.1) is 0 Å². The SMILES string of the molecule is Fc1cccc([Si](Cn2ccnc2[B]C(c2ccccc2)c2ccccc2)(c2ccccc2)c2ccccc2)c1. The van der Waals surface area contributed by atoms with Crippen LogP contribution in [0.1, 0.15) is 16.9 Å². The first-order valence-corrected chi connectivity index (χ1v) is 15.8. The van der Waals surface area contributed by atoms with Gasteiger partial charge in [-0.25, -0.2) is 4.39 Å². The summed E-state index contributed by atoms with van der Waals surface area (Å²) in [7, 11) is -0.482. The van der Waals surface area contributed by atoms with E-state index in [1.807, 2.05) is 36.5 Å².